The number of carbonyl (C=O) groups is 1. The maximum Gasteiger partial charge on any atom is 0.242 e. The van der Waals surface area contributed by atoms with Crippen molar-refractivity contribution < 1.29 is 4.79 Å². The number of piperazine rings is 1. The van der Waals surface area contributed by atoms with Gasteiger partial charge in [-0.25, -0.2) is 0 Å². The first kappa shape index (κ1) is 13.5. The van der Waals surface area contributed by atoms with Crippen LogP contribution in [0.25, 0.3) is 0 Å². The van der Waals surface area contributed by atoms with Crippen molar-refractivity contribution in [1.82, 2.24) is 20.0 Å². The van der Waals surface area contributed by atoms with Gasteiger partial charge in [0.05, 0.1) is 27.9 Å². The van der Waals surface area contributed by atoms with E-state index in [2.05, 4.69) is 26.3 Å². The van der Waals surface area contributed by atoms with Crippen molar-refractivity contribution in [3.8, 4) is 0 Å². The number of aryl methyl sites for hydroxylation is 2. The molecule has 0 atom stereocenters. The molecule has 1 aliphatic heterocycles. The van der Waals surface area contributed by atoms with Gasteiger partial charge in [-0.1, -0.05) is 0 Å². The summed E-state index contributed by atoms with van der Waals surface area (Å²) >= 11 is 3.54. The molecule has 0 radical (unpaired) electrons. The Hall–Kier alpha value is -0.880. The minimum atomic E-state index is -0.474. The molecular weight excluding hydrogens is 296 g/mol. The van der Waals surface area contributed by atoms with Crippen molar-refractivity contribution in [2.24, 2.45) is 7.05 Å². The first-order chi connectivity index (χ1) is 8.33. The molecule has 1 saturated heterocycles. The third-order valence-electron chi connectivity index (χ3n) is 3.37. The molecular formula is C12H19BrN4O. The van der Waals surface area contributed by atoms with Crippen LogP contribution < -0.4 is 5.32 Å². The van der Waals surface area contributed by atoms with Crippen LogP contribution in [0.15, 0.2) is 4.47 Å². The summed E-state index contributed by atoms with van der Waals surface area (Å²) in [7, 11) is 1.91. The highest BCUT2D eigenvalue weighted by Gasteiger charge is 2.35. The van der Waals surface area contributed by atoms with E-state index in [0.717, 1.165) is 29.0 Å². The molecule has 1 amide bonds. The van der Waals surface area contributed by atoms with Crippen LogP contribution in [0.2, 0.25) is 0 Å². The Bertz CT molecular complexity index is 481. The summed E-state index contributed by atoms with van der Waals surface area (Å²) < 4.78 is 2.83. The molecule has 6 heteroatoms. The van der Waals surface area contributed by atoms with Gasteiger partial charge in [-0.3, -0.25) is 9.48 Å². The fraction of sp³-hybridized carbons (Fsp3) is 0.667. The lowest BCUT2D eigenvalue weighted by atomic mass is 10.0. The number of rotatable bonds is 2. The van der Waals surface area contributed by atoms with E-state index in [1.165, 1.54) is 0 Å². The van der Waals surface area contributed by atoms with Gasteiger partial charge in [-0.05, 0) is 36.7 Å². The molecule has 0 saturated carbocycles. The molecule has 0 unspecified atom stereocenters. The highest BCUT2D eigenvalue weighted by atomic mass is 79.9. The molecule has 2 heterocycles. The summed E-state index contributed by atoms with van der Waals surface area (Å²) in [4.78, 5) is 14.2. The maximum absolute atomic E-state index is 12.3. The van der Waals surface area contributed by atoms with Crippen LogP contribution >= 0.6 is 15.9 Å². The number of hydrogen-bond acceptors (Lipinski definition) is 3. The summed E-state index contributed by atoms with van der Waals surface area (Å²) in [6, 6.07) is 0. The highest BCUT2D eigenvalue weighted by Crippen LogP contribution is 2.23. The van der Waals surface area contributed by atoms with Crippen molar-refractivity contribution in [3.05, 3.63) is 15.9 Å². The molecule has 1 aromatic rings. The van der Waals surface area contributed by atoms with Gasteiger partial charge in [0.1, 0.15) is 0 Å². The summed E-state index contributed by atoms with van der Waals surface area (Å²) in [5.74, 6) is 0.138. The van der Waals surface area contributed by atoms with Gasteiger partial charge in [-0.15, -0.1) is 0 Å². The van der Waals surface area contributed by atoms with E-state index in [1.807, 2.05) is 37.4 Å². The molecule has 18 heavy (non-hydrogen) atoms. The second-order valence-corrected chi connectivity index (χ2v) is 6.04. The second kappa shape index (κ2) is 4.66. The topological polar surface area (TPSA) is 50.2 Å². The van der Waals surface area contributed by atoms with Crippen LogP contribution in [-0.2, 0) is 18.4 Å². The molecule has 5 nitrogen and oxygen atoms in total. The van der Waals surface area contributed by atoms with E-state index < -0.39 is 5.54 Å². The maximum atomic E-state index is 12.3. The van der Waals surface area contributed by atoms with Crippen LogP contribution in [0.3, 0.4) is 0 Å². The van der Waals surface area contributed by atoms with E-state index in [4.69, 9.17) is 0 Å². The van der Waals surface area contributed by atoms with Crippen molar-refractivity contribution in [3.63, 3.8) is 0 Å². The lowest BCUT2D eigenvalue weighted by Gasteiger charge is -2.38. The van der Waals surface area contributed by atoms with Crippen molar-refractivity contribution >= 4 is 21.8 Å². The normalized spacial score (nSPS) is 19.4. The number of aromatic nitrogens is 2. The molecule has 100 valence electrons. The van der Waals surface area contributed by atoms with Gasteiger partial charge in [0.25, 0.3) is 0 Å². The van der Waals surface area contributed by atoms with Crippen LogP contribution in [0.1, 0.15) is 25.2 Å². The zero-order chi connectivity index (χ0) is 13.5. The van der Waals surface area contributed by atoms with Gasteiger partial charge < -0.3 is 10.2 Å². The number of hydrogen-bond donors (Lipinski definition) is 1. The predicted octanol–water partition coefficient (Wildman–Crippen LogP) is 1.20. The molecule has 2 rings (SSSR count). The lowest BCUT2D eigenvalue weighted by Crippen LogP contribution is -2.60. The molecule has 1 aromatic heterocycles. The van der Waals surface area contributed by atoms with Crippen molar-refractivity contribution in [2.75, 3.05) is 13.1 Å². The smallest absolute Gasteiger partial charge is 0.242 e. The third kappa shape index (κ3) is 2.31. The number of halogens is 1. The monoisotopic (exact) mass is 314 g/mol. The van der Waals surface area contributed by atoms with Crippen LogP contribution in [0, 0.1) is 6.92 Å². The Morgan fingerprint density at radius 1 is 1.50 bits per heavy atom. The molecule has 0 bridgehead atoms. The summed E-state index contributed by atoms with van der Waals surface area (Å²) in [6.07, 6.45) is 0. The molecule has 1 fully saturated rings. The van der Waals surface area contributed by atoms with Crippen molar-refractivity contribution in [2.45, 2.75) is 32.9 Å². The zero-order valence-corrected chi connectivity index (χ0v) is 12.8. The van der Waals surface area contributed by atoms with E-state index in [0.29, 0.717) is 6.54 Å². The van der Waals surface area contributed by atoms with Gasteiger partial charge >= 0.3 is 0 Å². The predicted molar refractivity (Wildman–Crippen MR) is 73.1 cm³/mol. The van der Waals surface area contributed by atoms with Gasteiger partial charge in [0, 0.05) is 20.1 Å². The number of nitrogens with one attached hydrogen (secondary N) is 1. The zero-order valence-electron chi connectivity index (χ0n) is 11.2. The molecule has 0 aliphatic carbocycles. The number of carbonyl (C=O) groups excluding carboxylic acids is 1. The lowest BCUT2D eigenvalue weighted by molar-refractivity contribution is -0.140. The van der Waals surface area contributed by atoms with E-state index >= 15 is 0 Å². The van der Waals surface area contributed by atoms with Crippen LogP contribution in [0.5, 0.6) is 0 Å². The Morgan fingerprint density at radius 2 is 2.17 bits per heavy atom. The molecule has 0 aromatic carbocycles. The van der Waals surface area contributed by atoms with Crippen LogP contribution in [0.4, 0.5) is 0 Å². The Labute approximate surface area is 116 Å². The number of amides is 1. The minimum Gasteiger partial charge on any atom is -0.334 e. The molecule has 0 spiro atoms. The summed E-state index contributed by atoms with van der Waals surface area (Å²) in [6.45, 7) is 7.96. The second-order valence-electron chi connectivity index (χ2n) is 5.25. The van der Waals surface area contributed by atoms with E-state index in [1.54, 1.807) is 0 Å². The quantitative estimate of drug-likeness (QED) is 0.892. The molecule has 1 aliphatic rings. The van der Waals surface area contributed by atoms with Gasteiger partial charge in [-0.2, -0.15) is 5.10 Å². The summed E-state index contributed by atoms with van der Waals surface area (Å²) in [5.41, 5.74) is 1.52. The minimum absolute atomic E-state index is 0.138. The fourth-order valence-corrected chi connectivity index (χ4v) is 2.72. The average Bonchev–Trinajstić information content (AvgIpc) is 2.51. The van der Waals surface area contributed by atoms with Crippen molar-refractivity contribution in [1.29, 1.82) is 0 Å². The van der Waals surface area contributed by atoms with Gasteiger partial charge in [0.2, 0.25) is 5.91 Å². The standard InChI is InChI=1S/C12H19BrN4O/c1-8-10(13)9(16(4)15-8)7-17-6-5-14-12(2,3)11(17)18/h14H,5-7H2,1-4H3. The highest BCUT2D eigenvalue weighted by molar-refractivity contribution is 9.10. The first-order valence-corrected chi connectivity index (χ1v) is 6.84. The Morgan fingerprint density at radius 3 is 2.72 bits per heavy atom. The fourth-order valence-electron chi connectivity index (χ4n) is 2.26. The van der Waals surface area contributed by atoms with Crippen LogP contribution in [-0.4, -0.2) is 39.2 Å². The Balaban J connectivity index is 2.21. The third-order valence-corrected chi connectivity index (χ3v) is 4.40. The Kier molecular flexibility index (Phi) is 3.51. The first-order valence-electron chi connectivity index (χ1n) is 6.05. The van der Waals surface area contributed by atoms with E-state index in [9.17, 15) is 4.79 Å². The SMILES string of the molecule is Cc1nn(C)c(CN2CCNC(C)(C)C2=O)c1Br. The van der Waals surface area contributed by atoms with E-state index in [-0.39, 0.29) is 5.91 Å². The molecule has 1 N–H and O–H groups in total. The average molecular weight is 315 g/mol. The number of nitrogens with zero attached hydrogens (tertiary/aromatic N) is 3. The summed E-state index contributed by atoms with van der Waals surface area (Å²) in [5, 5.41) is 7.59. The largest absolute Gasteiger partial charge is 0.334 e. The van der Waals surface area contributed by atoms with Gasteiger partial charge in [0.15, 0.2) is 0 Å².